The van der Waals surface area contributed by atoms with Crippen LogP contribution in [-0.4, -0.2) is 36.4 Å². The molecule has 2 rings (SSSR count). The summed E-state index contributed by atoms with van der Waals surface area (Å²) in [6, 6.07) is 3.91. The number of aliphatic hydroxyl groups excluding tert-OH is 1. The Kier molecular flexibility index (Phi) is 4.55. The number of ether oxygens (including phenoxy) is 1. The van der Waals surface area contributed by atoms with Gasteiger partial charge in [-0.3, -0.25) is 0 Å². The maximum atomic E-state index is 9.28. The summed E-state index contributed by atoms with van der Waals surface area (Å²) in [4.78, 5) is 6.72. The van der Waals surface area contributed by atoms with Gasteiger partial charge in [0.15, 0.2) is 0 Å². The van der Waals surface area contributed by atoms with Gasteiger partial charge in [-0.15, -0.1) is 0 Å². The van der Waals surface area contributed by atoms with Crippen LogP contribution in [-0.2, 0) is 17.8 Å². The van der Waals surface area contributed by atoms with E-state index >= 15 is 0 Å². The number of rotatable bonds is 5. The number of likely N-dealkylation sites (N-methyl/N-ethyl adjacent to an activating group) is 1. The Morgan fingerprint density at radius 2 is 2.33 bits per heavy atom. The molecule has 1 N–H and O–H groups in total. The molecule has 0 aliphatic carbocycles. The number of pyridine rings is 1. The molecular formula is C14H22N2O2. The van der Waals surface area contributed by atoms with Gasteiger partial charge >= 0.3 is 0 Å². The number of nitrogens with zero attached hydrogens (tertiary/aromatic N) is 2. The van der Waals surface area contributed by atoms with Crippen LogP contribution in [0.3, 0.4) is 0 Å². The second-order valence-electron chi connectivity index (χ2n) is 4.85. The Morgan fingerprint density at radius 1 is 1.50 bits per heavy atom. The summed E-state index contributed by atoms with van der Waals surface area (Å²) in [6.07, 6.45) is 3.49. The maximum Gasteiger partial charge on any atom is 0.128 e. The van der Waals surface area contributed by atoms with Crippen LogP contribution in [0.4, 0.5) is 5.82 Å². The van der Waals surface area contributed by atoms with Gasteiger partial charge < -0.3 is 14.7 Å². The molecule has 1 unspecified atom stereocenters. The molecule has 100 valence electrons. The highest BCUT2D eigenvalue weighted by Crippen LogP contribution is 2.18. The summed E-state index contributed by atoms with van der Waals surface area (Å²) in [7, 11) is 2.03. The molecule has 2 heterocycles. The summed E-state index contributed by atoms with van der Waals surface area (Å²) >= 11 is 0. The van der Waals surface area contributed by atoms with Crippen LogP contribution in [0.15, 0.2) is 12.1 Å². The van der Waals surface area contributed by atoms with Gasteiger partial charge in [-0.25, -0.2) is 4.98 Å². The van der Waals surface area contributed by atoms with Gasteiger partial charge in [0, 0.05) is 25.9 Å². The molecule has 0 aromatic carbocycles. The molecule has 0 saturated carbocycles. The number of aromatic nitrogens is 1. The first-order chi connectivity index (χ1) is 8.72. The second kappa shape index (κ2) is 6.16. The fourth-order valence-corrected chi connectivity index (χ4v) is 2.29. The van der Waals surface area contributed by atoms with Gasteiger partial charge in [-0.1, -0.05) is 6.92 Å². The SMILES string of the molecule is CCc1cc(CO)cc(N(C)CC2CCCO2)n1. The Morgan fingerprint density at radius 3 is 2.94 bits per heavy atom. The summed E-state index contributed by atoms with van der Waals surface area (Å²) in [5.41, 5.74) is 1.95. The van der Waals surface area contributed by atoms with Gasteiger partial charge in [-0.05, 0) is 37.0 Å². The number of hydrogen-bond acceptors (Lipinski definition) is 4. The Bertz CT molecular complexity index is 367. The van der Waals surface area contributed by atoms with Crippen molar-refractivity contribution in [2.75, 3.05) is 25.1 Å². The van der Waals surface area contributed by atoms with E-state index in [4.69, 9.17) is 4.74 Å². The fourth-order valence-electron chi connectivity index (χ4n) is 2.29. The first-order valence-electron chi connectivity index (χ1n) is 6.66. The highest BCUT2D eigenvalue weighted by Gasteiger charge is 2.18. The quantitative estimate of drug-likeness (QED) is 0.865. The van der Waals surface area contributed by atoms with E-state index in [9.17, 15) is 5.11 Å². The van der Waals surface area contributed by atoms with Crippen LogP contribution in [0.5, 0.6) is 0 Å². The van der Waals surface area contributed by atoms with Crippen molar-refractivity contribution in [2.45, 2.75) is 38.9 Å². The van der Waals surface area contributed by atoms with E-state index < -0.39 is 0 Å². The van der Waals surface area contributed by atoms with Crippen molar-refractivity contribution in [1.82, 2.24) is 4.98 Å². The maximum absolute atomic E-state index is 9.28. The van der Waals surface area contributed by atoms with Gasteiger partial charge in [-0.2, -0.15) is 0 Å². The lowest BCUT2D eigenvalue weighted by atomic mass is 10.2. The van der Waals surface area contributed by atoms with Crippen LogP contribution in [0, 0.1) is 0 Å². The molecule has 0 amide bonds. The van der Waals surface area contributed by atoms with Crippen molar-refractivity contribution in [3.05, 3.63) is 23.4 Å². The minimum Gasteiger partial charge on any atom is -0.392 e. The minimum absolute atomic E-state index is 0.0658. The molecule has 1 aromatic rings. The molecular weight excluding hydrogens is 228 g/mol. The van der Waals surface area contributed by atoms with E-state index in [1.54, 1.807) is 0 Å². The van der Waals surface area contributed by atoms with Crippen LogP contribution < -0.4 is 4.90 Å². The molecule has 1 saturated heterocycles. The monoisotopic (exact) mass is 250 g/mol. The molecule has 1 fully saturated rings. The summed E-state index contributed by atoms with van der Waals surface area (Å²) in [5, 5.41) is 9.28. The van der Waals surface area contributed by atoms with Crippen molar-refractivity contribution in [3.8, 4) is 0 Å². The Labute approximate surface area is 109 Å². The highest BCUT2D eigenvalue weighted by molar-refractivity contribution is 5.42. The molecule has 0 spiro atoms. The van der Waals surface area contributed by atoms with E-state index in [2.05, 4.69) is 16.8 Å². The molecule has 0 bridgehead atoms. The first kappa shape index (κ1) is 13.3. The summed E-state index contributed by atoms with van der Waals surface area (Å²) in [6.45, 7) is 3.89. The molecule has 1 aromatic heterocycles. The second-order valence-corrected chi connectivity index (χ2v) is 4.85. The summed E-state index contributed by atoms with van der Waals surface area (Å²) in [5.74, 6) is 0.925. The predicted octanol–water partition coefficient (Wildman–Crippen LogP) is 1.75. The number of anilines is 1. The molecule has 18 heavy (non-hydrogen) atoms. The molecule has 4 nitrogen and oxygen atoms in total. The van der Waals surface area contributed by atoms with Crippen molar-refractivity contribution >= 4 is 5.82 Å². The van der Waals surface area contributed by atoms with E-state index in [0.29, 0.717) is 6.10 Å². The zero-order chi connectivity index (χ0) is 13.0. The Hall–Kier alpha value is -1.13. The Balaban J connectivity index is 2.09. The van der Waals surface area contributed by atoms with Crippen LogP contribution in [0.2, 0.25) is 0 Å². The highest BCUT2D eigenvalue weighted by atomic mass is 16.5. The van der Waals surface area contributed by atoms with Crippen LogP contribution in [0.25, 0.3) is 0 Å². The summed E-state index contributed by atoms with van der Waals surface area (Å²) < 4.78 is 5.64. The lowest BCUT2D eigenvalue weighted by Gasteiger charge is -2.22. The number of aryl methyl sites for hydroxylation is 1. The van der Waals surface area contributed by atoms with E-state index in [0.717, 1.165) is 49.5 Å². The number of aliphatic hydroxyl groups is 1. The van der Waals surface area contributed by atoms with Crippen molar-refractivity contribution in [1.29, 1.82) is 0 Å². The predicted molar refractivity (Wildman–Crippen MR) is 71.8 cm³/mol. The van der Waals surface area contributed by atoms with E-state index in [-0.39, 0.29) is 6.61 Å². The van der Waals surface area contributed by atoms with Crippen molar-refractivity contribution in [2.24, 2.45) is 0 Å². The largest absolute Gasteiger partial charge is 0.392 e. The van der Waals surface area contributed by atoms with E-state index in [1.165, 1.54) is 0 Å². The average molecular weight is 250 g/mol. The van der Waals surface area contributed by atoms with Crippen LogP contribution >= 0.6 is 0 Å². The van der Waals surface area contributed by atoms with E-state index in [1.807, 2.05) is 19.2 Å². The molecule has 1 aliphatic rings. The third-order valence-corrected chi connectivity index (χ3v) is 3.36. The zero-order valence-corrected chi connectivity index (χ0v) is 11.2. The third-order valence-electron chi connectivity index (χ3n) is 3.36. The standard InChI is InChI=1S/C14H22N2O2/c1-3-12-7-11(10-17)8-14(15-12)16(2)9-13-5-4-6-18-13/h7-8,13,17H,3-6,9-10H2,1-2H3. The topological polar surface area (TPSA) is 45.6 Å². The normalized spacial score (nSPS) is 19.2. The number of hydrogen-bond donors (Lipinski definition) is 1. The smallest absolute Gasteiger partial charge is 0.128 e. The first-order valence-corrected chi connectivity index (χ1v) is 6.66. The van der Waals surface area contributed by atoms with Gasteiger partial charge in [0.05, 0.1) is 12.7 Å². The van der Waals surface area contributed by atoms with Gasteiger partial charge in [0.25, 0.3) is 0 Å². The van der Waals surface area contributed by atoms with Crippen molar-refractivity contribution in [3.63, 3.8) is 0 Å². The minimum atomic E-state index is 0.0658. The average Bonchev–Trinajstić information content (AvgIpc) is 2.90. The van der Waals surface area contributed by atoms with Gasteiger partial charge in [0.2, 0.25) is 0 Å². The third kappa shape index (κ3) is 3.21. The molecule has 0 radical (unpaired) electrons. The molecule has 1 atom stereocenters. The molecule has 1 aliphatic heterocycles. The van der Waals surface area contributed by atoms with Gasteiger partial charge in [0.1, 0.15) is 5.82 Å². The van der Waals surface area contributed by atoms with Crippen molar-refractivity contribution < 1.29 is 9.84 Å². The fraction of sp³-hybridized carbons (Fsp3) is 0.643. The lowest BCUT2D eigenvalue weighted by Crippen LogP contribution is -2.29. The zero-order valence-electron chi connectivity index (χ0n) is 11.2. The molecule has 4 heteroatoms. The van der Waals surface area contributed by atoms with Crippen LogP contribution in [0.1, 0.15) is 31.0 Å². The lowest BCUT2D eigenvalue weighted by molar-refractivity contribution is 0.116.